The molecule has 0 unspecified atom stereocenters. The molecule has 0 radical (unpaired) electrons. The van der Waals surface area contributed by atoms with E-state index in [4.69, 9.17) is 5.73 Å². The number of anilines is 1. The van der Waals surface area contributed by atoms with Gasteiger partial charge in [-0.3, -0.25) is 0 Å². The molecule has 0 aliphatic rings. The third-order valence-corrected chi connectivity index (χ3v) is 3.74. The van der Waals surface area contributed by atoms with Crippen molar-refractivity contribution in [3.8, 4) is 0 Å². The van der Waals surface area contributed by atoms with Crippen LogP contribution in [0.15, 0.2) is 24.3 Å². The molecule has 0 aliphatic carbocycles. The Morgan fingerprint density at radius 2 is 1.89 bits per heavy atom. The minimum atomic E-state index is 0.957. The van der Waals surface area contributed by atoms with E-state index in [0.29, 0.717) is 0 Å². The molecule has 0 saturated carbocycles. The maximum Gasteiger partial charge on any atom is 0.214 e. The molecule has 2 N–H and O–H groups in total. The van der Waals surface area contributed by atoms with Crippen molar-refractivity contribution in [3.63, 3.8) is 0 Å². The van der Waals surface area contributed by atoms with Gasteiger partial charge in [0, 0.05) is 25.0 Å². The molecule has 0 amide bonds. The van der Waals surface area contributed by atoms with Crippen molar-refractivity contribution in [2.75, 3.05) is 5.73 Å². The first-order valence-electron chi connectivity index (χ1n) is 6.90. The molecule has 0 saturated heterocycles. The smallest absolute Gasteiger partial charge is 0.214 e. The van der Waals surface area contributed by atoms with Crippen LogP contribution >= 0.6 is 0 Å². The van der Waals surface area contributed by atoms with E-state index < -0.39 is 0 Å². The first kappa shape index (κ1) is 12.9. The van der Waals surface area contributed by atoms with Gasteiger partial charge in [-0.2, -0.15) is 4.57 Å². The van der Waals surface area contributed by atoms with E-state index in [-0.39, 0.29) is 0 Å². The van der Waals surface area contributed by atoms with Gasteiger partial charge in [-0.15, -0.1) is 0 Å². The zero-order valence-electron chi connectivity index (χ0n) is 11.7. The number of rotatable bonds is 4. The van der Waals surface area contributed by atoms with Crippen molar-refractivity contribution >= 4 is 16.6 Å². The van der Waals surface area contributed by atoms with Crippen LogP contribution in [0.1, 0.15) is 37.9 Å². The van der Waals surface area contributed by atoms with Gasteiger partial charge in [-0.25, -0.2) is 0 Å². The zero-order chi connectivity index (χ0) is 13.1. The summed E-state index contributed by atoms with van der Waals surface area (Å²) in [5, 5.41) is 1.19. The minimum absolute atomic E-state index is 0.957. The highest BCUT2D eigenvalue weighted by Crippen LogP contribution is 2.24. The number of para-hydroxylation sites is 1. The van der Waals surface area contributed by atoms with Crippen LogP contribution in [0.25, 0.3) is 10.9 Å². The topological polar surface area (TPSA) is 29.9 Å². The van der Waals surface area contributed by atoms with E-state index in [1.165, 1.54) is 35.0 Å². The van der Waals surface area contributed by atoms with Crippen LogP contribution in [0.3, 0.4) is 0 Å². The third kappa shape index (κ3) is 2.07. The Labute approximate surface area is 109 Å². The molecule has 2 aromatic rings. The van der Waals surface area contributed by atoms with Gasteiger partial charge in [-0.1, -0.05) is 32.4 Å². The Balaban J connectivity index is 2.72. The van der Waals surface area contributed by atoms with E-state index in [2.05, 4.69) is 49.6 Å². The molecule has 0 atom stereocenters. The fourth-order valence-electron chi connectivity index (χ4n) is 2.69. The molecular weight excluding hydrogens is 220 g/mol. The van der Waals surface area contributed by atoms with Crippen molar-refractivity contribution in [2.45, 2.75) is 46.6 Å². The van der Waals surface area contributed by atoms with Crippen LogP contribution in [0.5, 0.6) is 0 Å². The second-order valence-electron chi connectivity index (χ2n) is 4.85. The molecule has 0 aliphatic heterocycles. The average molecular weight is 243 g/mol. The summed E-state index contributed by atoms with van der Waals surface area (Å²) in [6.45, 7) is 7.68. The molecule has 1 aromatic heterocycles. The predicted octanol–water partition coefficient (Wildman–Crippen LogP) is 3.38. The number of benzene rings is 1. The lowest BCUT2D eigenvalue weighted by Gasteiger charge is -2.12. The number of fused-ring (bicyclic) bond motifs is 1. The van der Waals surface area contributed by atoms with Crippen molar-refractivity contribution in [1.82, 2.24) is 0 Å². The Bertz CT molecular complexity index is 559. The van der Waals surface area contributed by atoms with Gasteiger partial charge in [0.1, 0.15) is 6.54 Å². The van der Waals surface area contributed by atoms with Crippen molar-refractivity contribution < 1.29 is 4.57 Å². The average Bonchev–Trinajstić information content (AvgIpc) is 2.39. The summed E-state index contributed by atoms with van der Waals surface area (Å²) < 4.78 is 2.42. The van der Waals surface area contributed by atoms with Gasteiger partial charge in [0.25, 0.3) is 0 Å². The quantitative estimate of drug-likeness (QED) is 0.820. The van der Waals surface area contributed by atoms with Crippen molar-refractivity contribution in [2.24, 2.45) is 0 Å². The van der Waals surface area contributed by atoms with Crippen LogP contribution in [0.4, 0.5) is 5.69 Å². The summed E-state index contributed by atoms with van der Waals surface area (Å²) in [4.78, 5) is 0. The summed E-state index contributed by atoms with van der Waals surface area (Å²) in [5.74, 6) is 0. The number of aromatic nitrogens is 1. The molecule has 0 bridgehead atoms. The van der Waals surface area contributed by atoms with Crippen LogP contribution in [-0.4, -0.2) is 0 Å². The number of nitrogens with two attached hydrogens (primary N) is 1. The monoisotopic (exact) mass is 243 g/mol. The van der Waals surface area contributed by atoms with E-state index in [1.54, 1.807) is 0 Å². The first-order chi connectivity index (χ1) is 8.70. The Morgan fingerprint density at radius 1 is 1.17 bits per heavy atom. The highest BCUT2D eigenvalue weighted by Gasteiger charge is 2.19. The Kier molecular flexibility index (Phi) is 3.85. The molecule has 2 nitrogen and oxygen atoms in total. The lowest BCUT2D eigenvalue weighted by molar-refractivity contribution is -0.678. The highest BCUT2D eigenvalue weighted by atomic mass is 15.0. The number of aryl methyl sites for hydroxylation is 1. The summed E-state index contributed by atoms with van der Waals surface area (Å²) >= 11 is 0. The van der Waals surface area contributed by atoms with E-state index in [0.717, 1.165) is 18.7 Å². The van der Waals surface area contributed by atoms with Crippen LogP contribution in [0, 0.1) is 6.92 Å². The lowest BCUT2D eigenvalue weighted by Crippen LogP contribution is -2.39. The summed E-state index contributed by atoms with van der Waals surface area (Å²) in [6.07, 6.45) is 3.42. The second-order valence-corrected chi connectivity index (χ2v) is 4.85. The molecule has 2 rings (SSSR count). The molecule has 2 heteroatoms. The summed E-state index contributed by atoms with van der Waals surface area (Å²) in [7, 11) is 0. The number of pyridine rings is 1. The zero-order valence-corrected chi connectivity index (χ0v) is 11.7. The molecular formula is C16H23N2+. The van der Waals surface area contributed by atoms with E-state index >= 15 is 0 Å². The molecule has 18 heavy (non-hydrogen) atoms. The van der Waals surface area contributed by atoms with Gasteiger partial charge in [0.2, 0.25) is 5.52 Å². The number of nitrogens with zero attached hydrogens (tertiary/aromatic N) is 1. The standard InChI is InChI=1S/C16H22N2/c1-4-6-11-18-12(3)13(5-2)16(17)14-9-7-8-10-15(14)18/h7-10,17H,4-6,11H2,1-3H3/p+1. The minimum Gasteiger partial charge on any atom is -0.398 e. The van der Waals surface area contributed by atoms with E-state index in [9.17, 15) is 0 Å². The maximum absolute atomic E-state index is 6.31. The SMILES string of the molecule is CCCC[n+]1c(C)c(CC)c(N)c2ccccc21. The molecule has 0 spiro atoms. The van der Waals surface area contributed by atoms with Crippen LogP contribution < -0.4 is 10.3 Å². The lowest BCUT2D eigenvalue weighted by atomic mass is 10.0. The number of hydrogen-bond acceptors (Lipinski definition) is 1. The first-order valence-corrected chi connectivity index (χ1v) is 6.90. The van der Waals surface area contributed by atoms with Gasteiger partial charge in [-0.05, 0) is 12.5 Å². The maximum atomic E-state index is 6.31. The van der Waals surface area contributed by atoms with E-state index in [1.807, 2.05) is 0 Å². The van der Waals surface area contributed by atoms with Gasteiger partial charge < -0.3 is 5.73 Å². The normalized spacial score (nSPS) is 11.1. The second kappa shape index (κ2) is 5.38. The van der Waals surface area contributed by atoms with Crippen LogP contribution in [0.2, 0.25) is 0 Å². The van der Waals surface area contributed by atoms with Crippen molar-refractivity contribution in [1.29, 1.82) is 0 Å². The fraction of sp³-hybridized carbons (Fsp3) is 0.438. The number of hydrogen-bond donors (Lipinski definition) is 1. The number of nitrogen functional groups attached to an aromatic ring is 1. The van der Waals surface area contributed by atoms with Crippen LogP contribution in [-0.2, 0) is 13.0 Å². The number of unbranched alkanes of at least 4 members (excludes halogenated alkanes) is 1. The fourth-order valence-corrected chi connectivity index (χ4v) is 2.69. The van der Waals surface area contributed by atoms with Gasteiger partial charge in [0.05, 0.1) is 11.1 Å². The molecule has 1 aromatic carbocycles. The molecule has 1 heterocycles. The van der Waals surface area contributed by atoms with Crippen molar-refractivity contribution in [3.05, 3.63) is 35.5 Å². The van der Waals surface area contributed by atoms with Gasteiger partial charge >= 0.3 is 0 Å². The summed E-state index contributed by atoms with van der Waals surface area (Å²) in [5.41, 5.74) is 11.2. The summed E-state index contributed by atoms with van der Waals surface area (Å²) in [6, 6.07) is 8.46. The Hall–Kier alpha value is -1.57. The largest absolute Gasteiger partial charge is 0.398 e. The molecule has 0 fully saturated rings. The highest BCUT2D eigenvalue weighted by molar-refractivity contribution is 5.89. The third-order valence-electron chi connectivity index (χ3n) is 3.74. The predicted molar refractivity (Wildman–Crippen MR) is 77.6 cm³/mol. The Morgan fingerprint density at radius 3 is 2.56 bits per heavy atom. The molecule has 96 valence electrons. The van der Waals surface area contributed by atoms with Gasteiger partial charge in [0.15, 0.2) is 5.69 Å².